The Kier molecular flexibility index (Phi) is 2.25. The SMILES string of the molecule is CC1CCN([O-])CC1C#N. The molecule has 0 aromatic rings. The van der Waals surface area contributed by atoms with Crippen LogP contribution < -0.4 is 0 Å². The van der Waals surface area contributed by atoms with Gasteiger partial charge in [0.2, 0.25) is 0 Å². The number of rotatable bonds is 0. The molecule has 0 amide bonds. The number of hydrogen-bond donors (Lipinski definition) is 0. The summed E-state index contributed by atoms with van der Waals surface area (Å²) in [5.74, 6) is 0.349. The Morgan fingerprint density at radius 1 is 1.70 bits per heavy atom. The van der Waals surface area contributed by atoms with Gasteiger partial charge in [-0.1, -0.05) is 6.92 Å². The van der Waals surface area contributed by atoms with Gasteiger partial charge < -0.3 is 10.3 Å². The first kappa shape index (κ1) is 7.52. The second-order valence-electron chi connectivity index (χ2n) is 2.89. The second-order valence-corrected chi connectivity index (χ2v) is 2.89. The van der Waals surface area contributed by atoms with Crippen molar-refractivity contribution in [1.29, 1.82) is 5.26 Å². The molecular formula is C7H11N2O-. The Hall–Kier alpha value is -0.590. The van der Waals surface area contributed by atoms with Crippen LogP contribution >= 0.6 is 0 Å². The third-order valence-electron chi connectivity index (χ3n) is 2.09. The van der Waals surface area contributed by atoms with Crippen LogP contribution in [0.15, 0.2) is 0 Å². The van der Waals surface area contributed by atoms with E-state index in [1.807, 2.05) is 6.92 Å². The average molecular weight is 139 g/mol. The third-order valence-corrected chi connectivity index (χ3v) is 2.09. The topological polar surface area (TPSA) is 50.1 Å². The number of hydrogen-bond acceptors (Lipinski definition) is 3. The van der Waals surface area contributed by atoms with Gasteiger partial charge in [-0.2, -0.15) is 5.26 Å². The van der Waals surface area contributed by atoms with Gasteiger partial charge in [0.05, 0.1) is 12.0 Å². The van der Waals surface area contributed by atoms with Crippen molar-refractivity contribution < 1.29 is 0 Å². The average Bonchev–Trinajstić information content (AvgIpc) is 1.94. The largest absolute Gasteiger partial charge is 0.785 e. The maximum Gasteiger partial charge on any atom is 0.0671 e. The van der Waals surface area contributed by atoms with Crippen molar-refractivity contribution >= 4 is 0 Å². The molecule has 1 aliphatic heterocycles. The molecule has 0 aliphatic carbocycles. The van der Waals surface area contributed by atoms with Crippen molar-refractivity contribution in [2.45, 2.75) is 13.3 Å². The molecule has 3 nitrogen and oxygen atoms in total. The fraction of sp³-hybridized carbons (Fsp3) is 0.857. The molecule has 1 rings (SSSR count). The molecule has 1 fully saturated rings. The first-order valence-electron chi connectivity index (χ1n) is 3.55. The number of piperidine rings is 1. The Morgan fingerprint density at radius 3 is 2.90 bits per heavy atom. The van der Waals surface area contributed by atoms with Crippen molar-refractivity contribution in [2.24, 2.45) is 11.8 Å². The monoisotopic (exact) mass is 139 g/mol. The predicted molar refractivity (Wildman–Crippen MR) is 37.8 cm³/mol. The van der Waals surface area contributed by atoms with Gasteiger partial charge in [-0.05, 0) is 18.9 Å². The van der Waals surface area contributed by atoms with Crippen LogP contribution in [-0.2, 0) is 0 Å². The highest BCUT2D eigenvalue weighted by atomic mass is 16.5. The molecule has 0 N–H and O–H groups in total. The normalized spacial score (nSPS) is 35.3. The summed E-state index contributed by atoms with van der Waals surface area (Å²) in [4.78, 5) is 0. The molecule has 0 spiro atoms. The van der Waals surface area contributed by atoms with E-state index in [1.165, 1.54) is 0 Å². The Bertz CT molecular complexity index is 152. The van der Waals surface area contributed by atoms with Crippen LogP contribution in [0, 0.1) is 28.4 Å². The Morgan fingerprint density at radius 2 is 2.40 bits per heavy atom. The standard InChI is InChI=1S/C7H11N2O/c1-6-2-3-9(10)5-7(6)4-8/h6-7H,2-3,5H2,1H3/q-1. The maximum atomic E-state index is 10.7. The lowest BCUT2D eigenvalue weighted by molar-refractivity contribution is 0.210. The van der Waals surface area contributed by atoms with Gasteiger partial charge in [0.25, 0.3) is 0 Å². The molecule has 0 radical (unpaired) electrons. The van der Waals surface area contributed by atoms with Crippen LogP contribution in [-0.4, -0.2) is 18.2 Å². The van der Waals surface area contributed by atoms with Crippen LogP contribution in [0.1, 0.15) is 13.3 Å². The van der Waals surface area contributed by atoms with Crippen molar-refractivity contribution in [3.8, 4) is 6.07 Å². The first-order valence-corrected chi connectivity index (χ1v) is 3.55. The van der Waals surface area contributed by atoms with Gasteiger partial charge in [-0.15, -0.1) is 0 Å². The highest BCUT2D eigenvalue weighted by Crippen LogP contribution is 2.21. The van der Waals surface area contributed by atoms with Crippen LogP contribution in [0.3, 0.4) is 0 Å². The van der Waals surface area contributed by atoms with E-state index in [0.29, 0.717) is 19.0 Å². The molecule has 1 saturated heterocycles. The van der Waals surface area contributed by atoms with Gasteiger partial charge in [0.15, 0.2) is 0 Å². The molecule has 3 heteroatoms. The third kappa shape index (κ3) is 1.47. The van der Waals surface area contributed by atoms with Crippen LogP contribution in [0.5, 0.6) is 0 Å². The zero-order chi connectivity index (χ0) is 7.56. The zero-order valence-corrected chi connectivity index (χ0v) is 6.08. The summed E-state index contributed by atoms with van der Waals surface area (Å²) in [6.07, 6.45) is 0.863. The van der Waals surface area contributed by atoms with Gasteiger partial charge in [0.1, 0.15) is 0 Å². The van der Waals surface area contributed by atoms with Crippen LogP contribution in [0.4, 0.5) is 0 Å². The molecule has 1 aliphatic rings. The molecule has 0 aromatic heterocycles. The predicted octanol–water partition coefficient (Wildman–Crippen LogP) is 0.966. The Balaban J connectivity index is 2.47. The molecule has 2 unspecified atom stereocenters. The lowest BCUT2D eigenvalue weighted by atomic mass is 9.89. The fourth-order valence-corrected chi connectivity index (χ4v) is 1.21. The smallest absolute Gasteiger partial charge is 0.0671 e. The quantitative estimate of drug-likeness (QED) is 0.502. The summed E-state index contributed by atoms with van der Waals surface area (Å²) in [5.41, 5.74) is 0. The van der Waals surface area contributed by atoms with E-state index in [-0.39, 0.29) is 5.92 Å². The molecule has 0 aromatic carbocycles. The van der Waals surface area contributed by atoms with Crippen molar-refractivity contribution in [1.82, 2.24) is 5.06 Å². The minimum atomic E-state index is -0.0498. The minimum absolute atomic E-state index is 0.0498. The molecular weight excluding hydrogens is 128 g/mol. The van der Waals surface area contributed by atoms with E-state index in [2.05, 4.69) is 6.07 Å². The summed E-state index contributed by atoms with van der Waals surface area (Å²) < 4.78 is 0. The fourth-order valence-electron chi connectivity index (χ4n) is 1.21. The van der Waals surface area contributed by atoms with Gasteiger partial charge in [-0.25, -0.2) is 0 Å². The van der Waals surface area contributed by atoms with Crippen molar-refractivity contribution in [2.75, 3.05) is 13.1 Å². The zero-order valence-electron chi connectivity index (χ0n) is 6.08. The van der Waals surface area contributed by atoms with E-state index in [1.54, 1.807) is 0 Å². The van der Waals surface area contributed by atoms with E-state index < -0.39 is 0 Å². The number of nitrogens with zero attached hydrogens (tertiary/aromatic N) is 2. The first-order chi connectivity index (χ1) is 4.74. The second kappa shape index (κ2) is 3.00. The minimum Gasteiger partial charge on any atom is -0.785 e. The Labute approximate surface area is 60.8 Å². The number of hydroxylamine groups is 2. The lowest BCUT2D eigenvalue weighted by Gasteiger charge is -2.37. The van der Waals surface area contributed by atoms with E-state index in [9.17, 15) is 5.21 Å². The van der Waals surface area contributed by atoms with Gasteiger partial charge in [0, 0.05) is 6.54 Å². The lowest BCUT2D eigenvalue weighted by Crippen LogP contribution is -2.35. The molecule has 56 valence electrons. The van der Waals surface area contributed by atoms with E-state index in [0.717, 1.165) is 11.5 Å². The van der Waals surface area contributed by atoms with Crippen molar-refractivity contribution in [3.05, 3.63) is 5.21 Å². The summed E-state index contributed by atoms with van der Waals surface area (Å²) in [6, 6.07) is 2.14. The molecule has 0 bridgehead atoms. The molecule has 1 heterocycles. The van der Waals surface area contributed by atoms with Crippen LogP contribution in [0.2, 0.25) is 0 Å². The van der Waals surface area contributed by atoms with E-state index in [4.69, 9.17) is 5.26 Å². The van der Waals surface area contributed by atoms with Crippen LogP contribution in [0.25, 0.3) is 0 Å². The van der Waals surface area contributed by atoms with Crippen molar-refractivity contribution in [3.63, 3.8) is 0 Å². The van der Waals surface area contributed by atoms with Gasteiger partial charge >= 0.3 is 0 Å². The number of nitriles is 1. The maximum absolute atomic E-state index is 10.7. The van der Waals surface area contributed by atoms with E-state index >= 15 is 0 Å². The highest BCUT2D eigenvalue weighted by Gasteiger charge is 2.21. The summed E-state index contributed by atoms with van der Waals surface area (Å²) in [5, 5.41) is 20.3. The summed E-state index contributed by atoms with van der Waals surface area (Å²) in [6.45, 7) is 3.03. The summed E-state index contributed by atoms with van der Waals surface area (Å²) >= 11 is 0. The summed E-state index contributed by atoms with van der Waals surface area (Å²) in [7, 11) is 0. The molecule has 2 atom stereocenters. The van der Waals surface area contributed by atoms with Gasteiger partial charge in [-0.3, -0.25) is 0 Å². The molecule has 10 heavy (non-hydrogen) atoms. The molecule has 0 saturated carbocycles. The highest BCUT2D eigenvalue weighted by molar-refractivity contribution is 4.92.